The maximum absolute atomic E-state index is 11.7. The van der Waals surface area contributed by atoms with E-state index in [1.54, 1.807) is 13.8 Å². The number of aromatic nitrogens is 3. The van der Waals surface area contributed by atoms with Gasteiger partial charge in [-0.25, -0.2) is 4.98 Å². The molecule has 0 aliphatic rings. The predicted octanol–water partition coefficient (Wildman–Crippen LogP) is 2.86. The van der Waals surface area contributed by atoms with E-state index in [9.17, 15) is 4.79 Å². The van der Waals surface area contributed by atoms with Gasteiger partial charge in [-0.05, 0) is 27.7 Å². The van der Waals surface area contributed by atoms with Gasteiger partial charge in [-0.1, -0.05) is 0 Å². The van der Waals surface area contributed by atoms with Crippen molar-refractivity contribution in [2.24, 2.45) is 5.41 Å². The molecule has 8 heteroatoms. The molecule has 0 atom stereocenters. The number of carbonyl (C=O) groups excluding carboxylic acids is 1. The molecule has 0 aliphatic heterocycles. The van der Waals surface area contributed by atoms with Crippen LogP contribution in [0.1, 0.15) is 39.3 Å². The van der Waals surface area contributed by atoms with Gasteiger partial charge in [0.25, 0.3) is 5.89 Å². The van der Waals surface area contributed by atoms with Crippen LogP contribution >= 0.6 is 11.3 Å². The molecule has 0 aliphatic carbocycles. The van der Waals surface area contributed by atoms with Gasteiger partial charge < -0.3 is 13.9 Å². The van der Waals surface area contributed by atoms with Gasteiger partial charge in [-0.15, -0.1) is 21.5 Å². The molecule has 7 nitrogen and oxygen atoms in total. The monoisotopic (exact) mass is 339 g/mol. The number of hydrogen-bond acceptors (Lipinski definition) is 8. The van der Waals surface area contributed by atoms with Crippen molar-refractivity contribution < 1.29 is 18.7 Å². The van der Waals surface area contributed by atoms with Crippen LogP contribution in [0.3, 0.4) is 0 Å². The Bertz CT molecular complexity index is 663. The fourth-order valence-corrected chi connectivity index (χ4v) is 2.58. The highest BCUT2D eigenvalue weighted by atomic mass is 32.1. The van der Waals surface area contributed by atoms with E-state index in [4.69, 9.17) is 13.9 Å². The summed E-state index contributed by atoms with van der Waals surface area (Å²) in [4.78, 5) is 16.1. The topological polar surface area (TPSA) is 87.3 Å². The molecule has 0 unspecified atom stereocenters. The van der Waals surface area contributed by atoms with E-state index in [2.05, 4.69) is 15.2 Å². The number of rotatable bonds is 7. The van der Waals surface area contributed by atoms with Gasteiger partial charge in [0.1, 0.15) is 0 Å². The van der Waals surface area contributed by atoms with Gasteiger partial charge in [-0.2, -0.15) is 0 Å². The Morgan fingerprint density at radius 1 is 1.39 bits per heavy atom. The number of esters is 1. The summed E-state index contributed by atoms with van der Waals surface area (Å²) in [5, 5.41) is 10.5. The Hall–Kier alpha value is -1.80. The van der Waals surface area contributed by atoms with Crippen LogP contribution in [0.2, 0.25) is 0 Å². The highest BCUT2D eigenvalue weighted by Gasteiger charge is 2.31. The molecular weight excluding hydrogens is 318 g/mol. The molecule has 0 radical (unpaired) electrons. The molecule has 0 bridgehead atoms. The fourth-order valence-electron chi connectivity index (χ4n) is 1.86. The molecule has 23 heavy (non-hydrogen) atoms. The lowest BCUT2D eigenvalue weighted by molar-refractivity contribution is -0.150. The molecule has 0 aromatic carbocycles. The minimum Gasteiger partial charge on any atom is -0.469 e. The zero-order valence-corrected chi connectivity index (χ0v) is 14.8. The second-order valence-electron chi connectivity index (χ2n) is 6.06. The van der Waals surface area contributed by atoms with Crippen molar-refractivity contribution >= 4 is 17.3 Å². The number of ether oxygens (including phenoxy) is 2. The van der Waals surface area contributed by atoms with Crippen LogP contribution in [-0.4, -0.2) is 34.4 Å². The number of methoxy groups -OCH3 is 1. The first-order valence-electron chi connectivity index (χ1n) is 7.29. The van der Waals surface area contributed by atoms with Gasteiger partial charge in [0, 0.05) is 11.8 Å². The maximum Gasteiger partial charge on any atom is 0.311 e. The van der Waals surface area contributed by atoms with Crippen LogP contribution in [0.25, 0.3) is 10.9 Å². The average Bonchev–Trinajstić information content (AvgIpc) is 3.12. The number of nitrogens with zero attached hydrogens (tertiary/aromatic N) is 3. The Labute approximate surface area is 139 Å². The third-order valence-electron chi connectivity index (χ3n) is 3.10. The summed E-state index contributed by atoms with van der Waals surface area (Å²) < 4.78 is 15.9. The first kappa shape index (κ1) is 17.6. The molecular formula is C15H21N3O4S. The van der Waals surface area contributed by atoms with E-state index in [1.165, 1.54) is 18.4 Å². The van der Waals surface area contributed by atoms with Crippen LogP contribution < -0.4 is 0 Å². The smallest absolute Gasteiger partial charge is 0.311 e. The molecule has 0 N–H and O–H groups in total. The number of hydrogen-bond donors (Lipinski definition) is 0. The van der Waals surface area contributed by atoms with E-state index < -0.39 is 5.41 Å². The lowest BCUT2D eigenvalue weighted by Crippen LogP contribution is -2.28. The van der Waals surface area contributed by atoms with Gasteiger partial charge in [-0.3, -0.25) is 4.79 Å². The standard InChI is InChI=1S/C15H21N3O4S/c1-9(2)21-7-10-8-23-13(16-10)12-18-17-11(22-12)6-15(3,4)14(19)20-5/h8-9H,6-7H2,1-5H3. The molecule has 2 aromatic rings. The zero-order valence-electron chi connectivity index (χ0n) is 14.0. The number of thiazole rings is 1. The van der Waals surface area contributed by atoms with Crippen molar-refractivity contribution in [3.8, 4) is 10.9 Å². The predicted molar refractivity (Wildman–Crippen MR) is 84.8 cm³/mol. The third-order valence-corrected chi connectivity index (χ3v) is 3.98. The summed E-state index contributed by atoms with van der Waals surface area (Å²) in [6, 6.07) is 0. The summed E-state index contributed by atoms with van der Waals surface area (Å²) in [6.45, 7) is 7.94. The Morgan fingerprint density at radius 3 is 2.78 bits per heavy atom. The minimum absolute atomic E-state index is 0.149. The largest absolute Gasteiger partial charge is 0.469 e. The summed E-state index contributed by atoms with van der Waals surface area (Å²) in [5.74, 6) is 0.409. The van der Waals surface area contributed by atoms with E-state index in [0.717, 1.165) is 5.69 Å². The second kappa shape index (κ2) is 7.18. The van der Waals surface area contributed by atoms with E-state index in [-0.39, 0.29) is 12.1 Å². The van der Waals surface area contributed by atoms with E-state index in [1.807, 2.05) is 19.2 Å². The van der Waals surface area contributed by atoms with Crippen molar-refractivity contribution in [2.45, 2.75) is 46.8 Å². The van der Waals surface area contributed by atoms with Crippen LogP contribution in [0.15, 0.2) is 9.80 Å². The van der Waals surface area contributed by atoms with Crippen molar-refractivity contribution in [3.05, 3.63) is 17.0 Å². The molecule has 0 saturated heterocycles. The van der Waals surface area contributed by atoms with Crippen LogP contribution in [0.4, 0.5) is 0 Å². The maximum atomic E-state index is 11.7. The SMILES string of the molecule is COC(=O)C(C)(C)Cc1nnc(-c2nc(COC(C)C)cs2)o1. The average molecular weight is 339 g/mol. The van der Waals surface area contributed by atoms with Crippen LogP contribution in [-0.2, 0) is 27.3 Å². The normalized spacial score (nSPS) is 11.9. The second-order valence-corrected chi connectivity index (χ2v) is 6.92. The Balaban J connectivity index is 2.06. The lowest BCUT2D eigenvalue weighted by atomic mass is 9.89. The Kier molecular flexibility index (Phi) is 5.48. The summed E-state index contributed by atoms with van der Waals surface area (Å²) in [5.41, 5.74) is 0.103. The highest BCUT2D eigenvalue weighted by Crippen LogP contribution is 2.27. The van der Waals surface area contributed by atoms with Crippen molar-refractivity contribution in [3.63, 3.8) is 0 Å². The molecule has 2 heterocycles. The van der Waals surface area contributed by atoms with Crippen molar-refractivity contribution in [2.75, 3.05) is 7.11 Å². The van der Waals surface area contributed by atoms with Gasteiger partial charge in [0.05, 0.1) is 30.9 Å². The zero-order chi connectivity index (χ0) is 17.0. The van der Waals surface area contributed by atoms with Gasteiger partial charge in [0.2, 0.25) is 5.89 Å². The molecule has 0 spiro atoms. The first-order chi connectivity index (χ1) is 10.8. The van der Waals surface area contributed by atoms with Crippen molar-refractivity contribution in [1.29, 1.82) is 0 Å². The fraction of sp³-hybridized carbons (Fsp3) is 0.600. The number of carbonyl (C=O) groups is 1. The summed E-state index contributed by atoms with van der Waals surface area (Å²) >= 11 is 1.42. The molecule has 2 rings (SSSR count). The van der Waals surface area contributed by atoms with Crippen LogP contribution in [0.5, 0.6) is 0 Å². The quantitative estimate of drug-likeness (QED) is 0.717. The molecule has 0 fully saturated rings. The molecule has 2 aromatic heterocycles. The van der Waals surface area contributed by atoms with E-state index in [0.29, 0.717) is 29.8 Å². The minimum atomic E-state index is -0.725. The Morgan fingerprint density at radius 2 is 2.13 bits per heavy atom. The van der Waals surface area contributed by atoms with Gasteiger partial charge >= 0.3 is 5.97 Å². The highest BCUT2D eigenvalue weighted by molar-refractivity contribution is 7.13. The third kappa shape index (κ3) is 4.59. The summed E-state index contributed by atoms with van der Waals surface area (Å²) in [7, 11) is 1.36. The summed E-state index contributed by atoms with van der Waals surface area (Å²) in [6.07, 6.45) is 0.456. The van der Waals surface area contributed by atoms with Crippen LogP contribution in [0, 0.1) is 5.41 Å². The van der Waals surface area contributed by atoms with Crippen molar-refractivity contribution in [1.82, 2.24) is 15.2 Å². The van der Waals surface area contributed by atoms with E-state index >= 15 is 0 Å². The molecule has 0 amide bonds. The van der Waals surface area contributed by atoms with Gasteiger partial charge in [0.15, 0.2) is 5.01 Å². The first-order valence-corrected chi connectivity index (χ1v) is 8.17. The lowest BCUT2D eigenvalue weighted by Gasteiger charge is -2.18. The molecule has 126 valence electrons. The molecule has 0 saturated carbocycles.